The first-order valence-electron chi connectivity index (χ1n) is 6.59. The van der Waals surface area contributed by atoms with E-state index in [0.717, 1.165) is 18.6 Å². The van der Waals surface area contributed by atoms with Gasteiger partial charge in [0.05, 0.1) is 12.1 Å². The molecule has 0 aromatic heterocycles. The van der Waals surface area contributed by atoms with Crippen molar-refractivity contribution in [1.29, 1.82) is 0 Å². The fraction of sp³-hybridized carbons (Fsp3) is 0.600. The van der Waals surface area contributed by atoms with Gasteiger partial charge >= 0.3 is 0 Å². The van der Waals surface area contributed by atoms with E-state index in [1.54, 1.807) is 0 Å². The number of hydrogen-bond acceptors (Lipinski definition) is 2. The van der Waals surface area contributed by atoms with Crippen LogP contribution < -0.4 is 5.73 Å². The summed E-state index contributed by atoms with van der Waals surface area (Å²) in [6.07, 6.45) is 3.66. The Labute approximate surface area is 105 Å². The number of nitrogens with two attached hydrogens (primary N) is 1. The van der Waals surface area contributed by atoms with Crippen LogP contribution in [0.15, 0.2) is 24.3 Å². The van der Waals surface area contributed by atoms with Gasteiger partial charge in [0.15, 0.2) is 0 Å². The Morgan fingerprint density at radius 2 is 1.82 bits per heavy atom. The largest absolute Gasteiger partial charge is 0.377 e. The molecule has 0 bridgehead atoms. The van der Waals surface area contributed by atoms with Gasteiger partial charge in [-0.25, -0.2) is 0 Å². The molecule has 0 aliphatic carbocycles. The third-order valence-electron chi connectivity index (χ3n) is 3.10. The molecule has 0 fully saturated rings. The van der Waals surface area contributed by atoms with Crippen LogP contribution in [-0.4, -0.2) is 12.7 Å². The minimum absolute atomic E-state index is 0.0303. The van der Waals surface area contributed by atoms with E-state index in [-0.39, 0.29) is 12.1 Å². The Kier molecular flexibility index (Phi) is 6.23. The standard InChI is InChI=1S/C15H25NO/c1-4-5-6-11-17-13(3)15(16)14-9-7-12(2)8-10-14/h7-10,13,15H,4-6,11,16H2,1-3H3. The summed E-state index contributed by atoms with van der Waals surface area (Å²) < 4.78 is 5.77. The maximum atomic E-state index is 6.18. The first-order valence-corrected chi connectivity index (χ1v) is 6.59. The molecule has 0 radical (unpaired) electrons. The van der Waals surface area contributed by atoms with Crippen molar-refractivity contribution in [3.8, 4) is 0 Å². The van der Waals surface area contributed by atoms with E-state index in [2.05, 4.69) is 45.0 Å². The summed E-state index contributed by atoms with van der Waals surface area (Å²) in [4.78, 5) is 0. The third-order valence-corrected chi connectivity index (χ3v) is 3.10. The maximum Gasteiger partial charge on any atom is 0.0739 e. The Balaban J connectivity index is 2.40. The lowest BCUT2D eigenvalue weighted by molar-refractivity contribution is 0.0456. The quantitative estimate of drug-likeness (QED) is 0.733. The highest BCUT2D eigenvalue weighted by Gasteiger charge is 2.14. The molecule has 2 N–H and O–H groups in total. The minimum atomic E-state index is -0.0303. The Hall–Kier alpha value is -0.860. The molecule has 1 rings (SSSR count). The second kappa shape index (κ2) is 7.46. The number of hydrogen-bond donors (Lipinski definition) is 1. The lowest BCUT2D eigenvalue weighted by Crippen LogP contribution is -2.26. The highest BCUT2D eigenvalue weighted by molar-refractivity contribution is 5.24. The summed E-state index contributed by atoms with van der Waals surface area (Å²) in [5.74, 6) is 0. The summed E-state index contributed by atoms with van der Waals surface area (Å²) >= 11 is 0. The molecule has 0 aliphatic heterocycles. The molecule has 2 unspecified atom stereocenters. The summed E-state index contributed by atoms with van der Waals surface area (Å²) in [7, 11) is 0. The van der Waals surface area contributed by atoms with E-state index in [1.165, 1.54) is 18.4 Å². The minimum Gasteiger partial charge on any atom is -0.377 e. The molecule has 0 heterocycles. The van der Waals surface area contributed by atoms with E-state index in [4.69, 9.17) is 10.5 Å². The van der Waals surface area contributed by atoms with Crippen molar-refractivity contribution < 1.29 is 4.74 Å². The van der Waals surface area contributed by atoms with Crippen molar-refractivity contribution in [3.05, 3.63) is 35.4 Å². The molecule has 0 saturated heterocycles. The fourth-order valence-electron chi connectivity index (χ4n) is 1.78. The van der Waals surface area contributed by atoms with Gasteiger partial charge in [-0.15, -0.1) is 0 Å². The van der Waals surface area contributed by atoms with E-state index < -0.39 is 0 Å². The highest BCUT2D eigenvalue weighted by Crippen LogP contribution is 2.17. The van der Waals surface area contributed by atoms with Gasteiger partial charge in [-0.1, -0.05) is 49.6 Å². The lowest BCUT2D eigenvalue weighted by Gasteiger charge is -2.21. The molecular weight excluding hydrogens is 210 g/mol. The van der Waals surface area contributed by atoms with Crippen LogP contribution in [0.3, 0.4) is 0 Å². The van der Waals surface area contributed by atoms with Crippen LogP contribution in [0.5, 0.6) is 0 Å². The van der Waals surface area contributed by atoms with Crippen molar-refractivity contribution in [3.63, 3.8) is 0 Å². The summed E-state index contributed by atoms with van der Waals surface area (Å²) in [5, 5.41) is 0. The molecule has 0 saturated carbocycles. The van der Waals surface area contributed by atoms with Gasteiger partial charge in [0.1, 0.15) is 0 Å². The summed E-state index contributed by atoms with van der Waals surface area (Å²) in [6, 6.07) is 8.34. The smallest absolute Gasteiger partial charge is 0.0739 e. The molecule has 0 aliphatic rings. The normalized spacial score (nSPS) is 14.6. The van der Waals surface area contributed by atoms with Crippen LogP contribution >= 0.6 is 0 Å². The second-order valence-corrected chi connectivity index (χ2v) is 4.72. The van der Waals surface area contributed by atoms with Crippen LogP contribution in [0.25, 0.3) is 0 Å². The van der Waals surface area contributed by atoms with E-state index in [0.29, 0.717) is 0 Å². The van der Waals surface area contributed by atoms with Crippen molar-refractivity contribution in [2.75, 3.05) is 6.61 Å². The zero-order valence-corrected chi connectivity index (χ0v) is 11.3. The molecule has 96 valence electrons. The average molecular weight is 235 g/mol. The molecular formula is C15H25NO. The molecule has 1 aromatic rings. The highest BCUT2D eigenvalue weighted by atomic mass is 16.5. The Morgan fingerprint density at radius 1 is 1.18 bits per heavy atom. The Bertz CT molecular complexity index is 307. The molecule has 1 aromatic carbocycles. The van der Waals surface area contributed by atoms with Crippen molar-refractivity contribution in [2.24, 2.45) is 5.73 Å². The van der Waals surface area contributed by atoms with Crippen molar-refractivity contribution >= 4 is 0 Å². The van der Waals surface area contributed by atoms with Gasteiger partial charge in [-0.2, -0.15) is 0 Å². The van der Waals surface area contributed by atoms with Crippen molar-refractivity contribution in [2.45, 2.75) is 52.2 Å². The summed E-state index contributed by atoms with van der Waals surface area (Å²) in [5.41, 5.74) is 8.59. The second-order valence-electron chi connectivity index (χ2n) is 4.72. The number of rotatable bonds is 7. The van der Waals surface area contributed by atoms with Crippen LogP contribution in [0, 0.1) is 6.92 Å². The van der Waals surface area contributed by atoms with Crippen molar-refractivity contribution in [1.82, 2.24) is 0 Å². The molecule has 0 amide bonds. The van der Waals surface area contributed by atoms with Crippen LogP contribution in [-0.2, 0) is 4.74 Å². The van der Waals surface area contributed by atoms with Gasteiger partial charge < -0.3 is 10.5 Å². The van der Waals surface area contributed by atoms with Crippen LogP contribution in [0.2, 0.25) is 0 Å². The first-order chi connectivity index (χ1) is 8.15. The molecule has 0 spiro atoms. The van der Waals surface area contributed by atoms with Crippen LogP contribution in [0.4, 0.5) is 0 Å². The van der Waals surface area contributed by atoms with Gasteiger partial charge in [-0.3, -0.25) is 0 Å². The molecule has 2 heteroatoms. The number of unbranched alkanes of at least 4 members (excludes halogenated alkanes) is 2. The zero-order valence-electron chi connectivity index (χ0n) is 11.3. The van der Waals surface area contributed by atoms with E-state index in [9.17, 15) is 0 Å². The van der Waals surface area contributed by atoms with E-state index in [1.807, 2.05) is 0 Å². The molecule has 2 atom stereocenters. The average Bonchev–Trinajstić information content (AvgIpc) is 2.34. The predicted molar refractivity (Wildman–Crippen MR) is 73.0 cm³/mol. The molecule has 17 heavy (non-hydrogen) atoms. The van der Waals surface area contributed by atoms with Gasteiger partial charge in [0, 0.05) is 6.61 Å². The number of benzene rings is 1. The first kappa shape index (κ1) is 14.2. The van der Waals surface area contributed by atoms with Crippen LogP contribution in [0.1, 0.15) is 50.3 Å². The molecule has 2 nitrogen and oxygen atoms in total. The lowest BCUT2D eigenvalue weighted by atomic mass is 10.0. The third kappa shape index (κ3) is 4.88. The predicted octanol–water partition coefficient (Wildman–Crippen LogP) is 3.59. The number of aryl methyl sites for hydroxylation is 1. The SMILES string of the molecule is CCCCCOC(C)C(N)c1ccc(C)cc1. The maximum absolute atomic E-state index is 6.18. The van der Waals surface area contributed by atoms with Gasteiger partial charge in [0.25, 0.3) is 0 Å². The zero-order chi connectivity index (χ0) is 12.7. The topological polar surface area (TPSA) is 35.2 Å². The van der Waals surface area contributed by atoms with E-state index >= 15 is 0 Å². The van der Waals surface area contributed by atoms with Gasteiger partial charge in [-0.05, 0) is 25.8 Å². The summed E-state index contributed by atoms with van der Waals surface area (Å²) in [6.45, 7) is 7.15. The monoisotopic (exact) mass is 235 g/mol. The van der Waals surface area contributed by atoms with Gasteiger partial charge in [0.2, 0.25) is 0 Å². The fourth-order valence-corrected chi connectivity index (χ4v) is 1.78. The Morgan fingerprint density at radius 3 is 2.41 bits per heavy atom. The number of ether oxygens (including phenoxy) is 1.